The van der Waals surface area contributed by atoms with E-state index in [0.29, 0.717) is 35.2 Å². The van der Waals surface area contributed by atoms with Gasteiger partial charge < -0.3 is 9.47 Å². The van der Waals surface area contributed by atoms with Gasteiger partial charge in [0.25, 0.3) is 11.8 Å². The van der Waals surface area contributed by atoms with E-state index in [9.17, 15) is 9.59 Å². The highest BCUT2D eigenvalue weighted by Gasteiger charge is 2.10. The van der Waals surface area contributed by atoms with Crippen LogP contribution in [0.4, 0.5) is 0 Å². The van der Waals surface area contributed by atoms with Gasteiger partial charge >= 0.3 is 0 Å². The maximum absolute atomic E-state index is 12.2. The average Bonchev–Trinajstić information content (AvgIpc) is 2.72. The molecule has 2 aromatic rings. The lowest BCUT2D eigenvalue weighted by Gasteiger charge is -2.12. The molecule has 0 saturated heterocycles. The summed E-state index contributed by atoms with van der Waals surface area (Å²) in [7, 11) is 1.55. The zero-order valence-electron chi connectivity index (χ0n) is 16.7. The molecule has 0 aliphatic rings. The van der Waals surface area contributed by atoms with Crippen LogP contribution in [0.25, 0.3) is 0 Å². The Hall–Kier alpha value is -3.13. The quantitative estimate of drug-likeness (QED) is 0.476. The molecule has 7 nitrogen and oxygen atoms in total. The molecule has 2 rings (SSSR count). The SMILES string of the molecule is COc1ccc(C(=O)NC(=S)NNC(=O)c2ccc(OCCC(C)C)cc2)cc1. The first-order valence-corrected chi connectivity index (χ1v) is 9.58. The Morgan fingerprint density at radius 3 is 2.00 bits per heavy atom. The molecule has 3 N–H and O–H groups in total. The summed E-state index contributed by atoms with van der Waals surface area (Å²) in [6.45, 7) is 4.90. The molecule has 29 heavy (non-hydrogen) atoms. The number of methoxy groups -OCH3 is 1. The van der Waals surface area contributed by atoms with E-state index in [0.717, 1.165) is 6.42 Å². The number of amides is 2. The van der Waals surface area contributed by atoms with Crippen LogP contribution in [0.3, 0.4) is 0 Å². The minimum Gasteiger partial charge on any atom is -0.497 e. The number of carbonyl (C=O) groups is 2. The molecule has 0 radical (unpaired) electrons. The van der Waals surface area contributed by atoms with Crippen LogP contribution in [0.1, 0.15) is 41.0 Å². The number of ether oxygens (including phenoxy) is 2. The number of thiocarbonyl (C=S) groups is 1. The van der Waals surface area contributed by atoms with Gasteiger partial charge in [0.05, 0.1) is 13.7 Å². The molecule has 2 amide bonds. The Kier molecular flexibility index (Phi) is 8.42. The standard InChI is InChI=1S/C21H25N3O4S/c1-14(2)12-13-28-18-10-6-16(7-11-18)20(26)23-24-21(29)22-19(25)15-4-8-17(27-3)9-5-15/h4-11,14H,12-13H2,1-3H3,(H,23,26)(H2,22,24,25,29). The molecule has 0 bridgehead atoms. The molecular formula is C21H25N3O4S. The van der Waals surface area contributed by atoms with Crippen molar-refractivity contribution in [2.45, 2.75) is 20.3 Å². The Morgan fingerprint density at radius 2 is 1.45 bits per heavy atom. The fourth-order valence-corrected chi connectivity index (χ4v) is 2.39. The summed E-state index contributed by atoms with van der Waals surface area (Å²) in [6, 6.07) is 13.3. The second-order valence-electron chi connectivity index (χ2n) is 6.65. The van der Waals surface area contributed by atoms with Gasteiger partial charge in [-0.1, -0.05) is 13.8 Å². The van der Waals surface area contributed by atoms with Gasteiger partial charge in [0.1, 0.15) is 11.5 Å². The van der Waals surface area contributed by atoms with Crippen molar-refractivity contribution in [3.8, 4) is 11.5 Å². The normalized spacial score (nSPS) is 10.2. The first-order valence-electron chi connectivity index (χ1n) is 9.17. The molecule has 0 aliphatic carbocycles. The summed E-state index contributed by atoms with van der Waals surface area (Å²) < 4.78 is 10.7. The molecule has 0 aliphatic heterocycles. The molecule has 0 unspecified atom stereocenters. The van der Waals surface area contributed by atoms with Crippen molar-refractivity contribution in [3.63, 3.8) is 0 Å². The molecule has 0 fully saturated rings. The minimum absolute atomic E-state index is 0.0205. The van der Waals surface area contributed by atoms with E-state index in [4.69, 9.17) is 21.7 Å². The zero-order valence-corrected chi connectivity index (χ0v) is 17.5. The topological polar surface area (TPSA) is 88.7 Å². The van der Waals surface area contributed by atoms with Crippen molar-refractivity contribution in [2.75, 3.05) is 13.7 Å². The van der Waals surface area contributed by atoms with Gasteiger partial charge in [0.15, 0.2) is 5.11 Å². The molecule has 0 saturated carbocycles. The molecule has 154 valence electrons. The fraction of sp³-hybridized carbons (Fsp3) is 0.286. The average molecular weight is 416 g/mol. The van der Waals surface area contributed by atoms with E-state index in [1.165, 1.54) is 0 Å². The number of hydrazine groups is 1. The minimum atomic E-state index is -0.401. The Morgan fingerprint density at radius 1 is 0.897 bits per heavy atom. The van der Waals surface area contributed by atoms with E-state index in [1.807, 2.05) is 0 Å². The summed E-state index contributed by atoms with van der Waals surface area (Å²) in [5, 5.41) is 2.47. The molecular weight excluding hydrogens is 390 g/mol. The van der Waals surface area contributed by atoms with Crippen molar-refractivity contribution >= 4 is 29.1 Å². The lowest BCUT2D eigenvalue weighted by Crippen LogP contribution is -2.48. The summed E-state index contributed by atoms with van der Waals surface area (Å²) >= 11 is 5.03. The molecule has 2 aromatic carbocycles. The Bertz CT molecular complexity index is 836. The third-order valence-corrected chi connectivity index (χ3v) is 4.15. The number of hydrogen-bond acceptors (Lipinski definition) is 5. The summed E-state index contributed by atoms with van der Waals surface area (Å²) in [5.41, 5.74) is 5.80. The third-order valence-electron chi connectivity index (χ3n) is 3.95. The molecule has 0 atom stereocenters. The van der Waals surface area contributed by atoms with Crippen LogP contribution in [0, 0.1) is 5.92 Å². The summed E-state index contributed by atoms with van der Waals surface area (Å²) in [5.74, 6) is 1.13. The lowest BCUT2D eigenvalue weighted by atomic mass is 10.1. The van der Waals surface area contributed by atoms with Gasteiger partial charge in [-0.3, -0.25) is 25.8 Å². The van der Waals surface area contributed by atoms with E-state index in [1.54, 1.807) is 55.6 Å². The van der Waals surface area contributed by atoms with Gasteiger partial charge in [-0.25, -0.2) is 0 Å². The van der Waals surface area contributed by atoms with Crippen LogP contribution in [0.15, 0.2) is 48.5 Å². The van der Waals surface area contributed by atoms with Crippen molar-refractivity contribution in [1.29, 1.82) is 0 Å². The fourth-order valence-electron chi connectivity index (χ4n) is 2.25. The number of carbonyl (C=O) groups excluding carboxylic acids is 2. The number of rotatable bonds is 7. The van der Waals surface area contributed by atoms with Crippen LogP contribution in [-0.4, -0.2) is 30.6 Å². The Labute approximate surface area is 175 Å². The first kappa shape index (κ1) is 22.2. The summed E-state index contributed by atoms with van der Waals surface area (Å²) in [6.07, 6.45) is 0.964. The van der Waals surface area contributed by atoms with Gasteiger partial charge in [0.2, 0.25) is 0 Å². The maximum atomic E-state index is 12.2. The number of benzene rings is 2. The van der Waals surface area contributed by atoms with Crippen molar-refractivity contribution < 1.29 is 19.1 Å². The van der Waals surface area contributed by atoms with Crippen LogP contribution in [0.5, 0.6) is 11.5 Å². The first-order chi connectivity index (χ1) is 13.9. The number of nitrogens with one attached hydrogen (secondary N) is 3. The second kappa shape index (κ2) is 11.0. The van der Waals surface area contributed by atoms with Crippen LogP contribution < -0.4 is 25.6 Å². The highest BCUT2D eigenvalue weighted by Crippen LogP contribution is 2.13. The number of hydrogen-bond donors (Lipinski definition) is 3. The van der Waals surface area contributed by atoms with Crippen LogP contribution >= 0.6 is 12.2 Å². The zero-order chi connectivity index (χ0) is 21.2. The monoisotopic (exact) mass is 415 g/mol. The molecule has 0 aromatic heterocycles. The van der Waals surface area contributed by atoms with Crippen molar-refractivity contribution in [2.24, 2.45) is 5.92 Å². The highest BCUT2D eigenvalue weighted by atomic mass is 32.1. The molecule has 0 heterocycles. The van der Waals surface area contributed by atoms with Crippen molar-refractivity contribution in [1.82, 2.24) is 16.2 Å². The third kappa shape index (κ3) is 7.42. The van der Waals surface area contributed by atoms with Gasteiger partial charge in [-0.2, -0.15) is 0 Å². The Balaban J connectivity index is 1.78. The van der Waals surface area contributed by atoms with E-state index < -0.39 is 5.91 Å². The van der Waals surface area contributed by atoms with E-state index in [2.05, 4.69) is 30.0 Å². The predicted octanol–water partition coefficient (Wildman–Crippen LogP) is 3.07. The maximum Gasteiger partial charge on any atom is 0.269 e. The van der Waals surface area contributed by atoms with Gasteiger partial charge in [-0.05, 0) is 73.1 Å². The largest absolute Gasteiger partial charge is 0.497 e. The lowest BCUT2D eigenvalue weighted by molar-refractivity contribution is 0.0934. The highest BCUT2D eigenvalue weighted by molar-refractivity contribution is 7.80. The molecule has 8 heteroatoms. The van der Waals surface area contributed by atoms with E-state index >= 15 is 0 Å². The van der Waals surface area contributed by atoms with Gasteiger partial charge in [-0.15, -0.1) is 0 Å². The summed E-state index contributed by atoms with van der Waals surface area (Å²) in [4.78, 5) is 24.3. The molecule has 0 spiro atoms. The van der Waals surface area contributed by atoms with Crippen LogP contribution in [0.2, 0.25) is 0 Å². The van der Waals surface area contributed by atoms with Crippen LogP contribution in [-0.2, 0) is 0 Å². The predicted molar refractivity (Wildman–Crippen MR) is 115 cm³/mol. The second-order valence-corrected chi connectivity index (χ2v) is 7.05. The smallest absolute Gasteiger partial charge is 0.269 e. The van der Waals surface area contributed by atoms with E-state index in [-0.39, 0.29) is 11.0 Å². The van der Waals surface area contributed by atoms with Gasteiger partial charge in [0, 0.05) is 11.1 Å². The van der Waals surface area contributed by atoms with Crippen molar-refractivity contribution in [3.05, 3.63) is 59.7 Å².